The first-order chi connectivity index (χ1) is 6.16. The van der Waals surface area contributed by atoms with Gasteiger partial charge in [-0.15, -0.1) is 0 Å². The zero-order valence-electron chi connectivity index (χ0n) is 8.80. The van der Waals surface area contributed by atoms with Crippen molar-refractivity contribution >= 4 is 5.91 Å². The van der Waals surface area contributed by atoms with E-state index in [1.807, 2.05) is 14.1 Å². The summed E-state index contributed by atoms with van der Waals surface area (Å²) >= 11 is 0. The molecule has 0 unspecified atom stereocenters. The average Bonchev–Trinajstić information content (AvgIpc) is 2.04. The molecule has 1 N–H and O–H groups in total. The molecule has 0 radical (unpaired) electrons. The monoisotopic (exact) mass is 188 g/mol. The van der Waals surface area contributed by atoms with E-state index in [0.717, 1.165) is 13.0 Å². The van der Waals surface area contributed by atoms with Crippen LogP contribution >= 0.6 is 0 Å². The minimum Gasteiger partial charge on any atom is -0.383 e. The number of carbonyl (C=O) groups excluding carboxylic acids is 1. The topological polar surface area (TPSA) is 41.6 Å². The van der Waals surface area contributed by atoms with Crippen LogP contribution in [0.3, 0.4) is 0 Å². The lowest BCUT2D eigenvalue weighted by Crippen LogP contribution is -2.27. The molecule has 0 aliphatic rings. The SMILES string of the molecule is COCCNC(=O)CCCN(C)C. The number of methoxy groups -OCH3 is 1. The highest BCUT2D eigenvalue weighted by Crippen LogP contribution is 1.90. The third kappa shape index (κ3) is 9.30. The zero-order valence-corrected chi connectivity index (χ0v) is 8.80. The van der Waals surface area contributed by atoms with Gasteiger partial charge in [-0.1, -0.05) is 0 Å². The highest BCUT2D eigenvalue weighted by atomic mass is 16.5. The first kappa shape index (κ1) is 12.4. The van der Waals surface area contributed by atoms with Gasteiger partial charge in [0.15, 0.2) is 0 Å². The summed E-state index contributed by atoms with van der Waals surface area (Å²) in [4.78, 5) is 13.2. The lowest BCUT2D eigenvalue weighted by molar-refractivity contribution is -0.121. The van der Waals surface area contributed by atoms with Crippen LogP contribution in [0.15, 0.2) is 0 Å². The van der Waals surface area contributed by atoms with Gasteiger partial charge in [-0.25, -0.2) is 0 Å². The second kappa shape index (κ2) is 8.01. The number of amides is 1. The Kier molecular flexibility index (Phi) is 7.63. The summed E-state index contributed by atoms with van der Waals surface area (Å²) in [5, 5.41) is 2.77. The largest absolute Gasteiger partial charge is 0.383 e. The maximum Gasteiger partial charge on any atom is 0.220 e. The van der Waals surface area contributed by atoms with Gasteiger partial charge in [-0.2, -0.15) is 0 Å². The Balaban J connectivity index is 3.20. The number of rotatable bonds is 7. The Morgan fingerprint density at radius 3 is 2.69 bits per heavy atom. The van der Waals surface area contributed by atoms with Crippen molar-refractivity contribution in [1.29, 1.82) is 0 Å². The summed E-state index contributed by atoms with van der Waals surface area (Å²) in [6.45, 7) is 2.15. The van der Waals surface area contributed by atoms with Crippen molar-refractivity contribution in [1.82, 2.24) is 10.2 Å². The Bertz CT molecular complexity index is 138. The summed E-state index contributed by atoms with van der Waals surface area (Å²) in [5.41, 5.74) is 0. The molecule has 4 heteroatoms. The molecule has 0 heterocycles. The molecule has 0 aromatic carbocycles. The summed E-state index contributed by atoms with van der Waals surface area (Å²) in [7, 11) is 5.63. The molecule has 0 aromatic heterocycles. The van der Waals surface area contributed by atoms with E-state index >= 15 is 0 Å². The van der Waals surface area contributed by atoms with Crippen molar-refractivity contribution in [2.75, 3.05) is 40.9 Å². The molecule has 0 aliphatic carbocycles. The van der Waals surface area contributed by atoms with Crippen LogP contribution < -0.4 is 5.32 Å². The van der Waals surface area contributed by atoms with Crippen molar-refractivity contribution in [3.63, 3.8) is 0 Å². The minimum atomic E-state index is 0.110. The smallest absolute Gasteiger partial charge is 0.220 e. The van der Waals surface area contributed by atoms with E-state index < -0.39 is 0 Å². The number of nitrogens with zero attached hydrogens (tertiary/aromatic N) is 1. The van der Waals surface area contributed by atoms with Crippen LogP contribution in [0.4, 0.5) is 0 Å². The normalized spacial score (nSPS) is 10.5. The molecule has 0 rings (SSSR count). The van der Waals surface area contributed by atoms with Crippen LogP contribution in [-0.2, 0) is 9.53 Å². The summed E-state index contributed by atoms with van der Waals surface area (Å²) in [5.74, 6) is 0.110. The zero-order chi connectivity index (χ0) is 10.1. The Morgan fingerprint density at radius 1 is 1.46 bits per heavy atom. The molecule has 0 saturated carbocycles. The summed E-state index contributed by atoms with van der Waals surface area (Å²) in [6, 6.07) is 0. The number of carbonyl (C=O) groups is 1. The summed E-state index contributed by atoms with van der Waals surface area (Å²) in [6.07, 6.45) is 1.51. The number of hydrogen-bond donors (Lipinski definition) is 1. The van der Waals surface area contributed by atoms with Gasteiger partial charge in [-0.3, -0.25) is 4.79 Å². The fourth-order valence-electron chi connectivity index (χ4n) is 0.937. The lowest BCUT2D eigenvalue weighted by Gasteiger charge is -2.08. The third-order valence-corrected chi connectivity index (χ3v) is 1.64. The highest BCUT2D eigenvalue weighted by molar-refractivity contribution is 5.75. The van der Waals surface area contributed by atoms with Gasteiger partial charge < -0.3 is 15.0 Å². The molecule has 0 fully saturated rings. The average molecular weight is 188 g/mol. The van der Waals surface area contributed by atoms with Gasteiger partial charge >= 0.3 is 0 Å². The van der Waals surface area contributed by atoms with Gasteiger partial charge in [0.25, 0.3) is 0 Å². The van der Waals surface area contributed by atoms with Crippen LogP contribution in [0.5, 0.6) is 0 Å². The Morgan fingerprint density at radius 2 is 2.15 bits per heavy atom. The molecule has 13 heavy (non-hydrogen) atoms. The quantitative estimate of drug-likeness (QED) is 0.576. The van der Waals surface area contributed by atoms with E-state index in [2.05, 4.69) is 10.2 Å². The predicted octanol–water partition coefficient (Wildman–Crippen LogP) is 0.0908. The third-order valence-electron chi connectivity index (χ3n) is 1.64. The standard InChI is InChI=1S/C9H20N2O2/c1-11(2)7-4-5-9(12)10-6-8-13-3/h4-8H2,1-3H3,(H,10,12). The molecular formula is C9H20N2O2. The van der Waals surface area contributed by atoms with Crippen LogP contribution in [-0.4, -0.2) is 51.7 Å². The van der Waals surface area contributed by atoms with E-state index in [9.17, 15) is 4.79 Å². The van der Waals surface area contributed by atoms with Crippen LogP contribution in [0.2, 0.25) is 0 Å². The van der Waals surface area contributed by atoms with Crippen molar-refractivity contribution in [2.45, 2.75) is 12.8 Å². The van der Waals surface area contributed by atoms with Crippen molar-refractivity contribution in [3.05, 3.63) is 0 Å². The Hall–Kier alpha value is -0.610. The van der Waals surface area contributed by atoms with Crippen molar-refractivity contribution < 1.29 is 9.53 Å². The van der Waals surface area contributed by atoms with E-state index in [1.54, 1.807) is 7.11 Å². The molecule has 0 aliphatic heterocycles. The highest BCUT2D eigenvalue weighted by Gasteiger charge is 1.99. The number of nitrogens with one attached hydrogen (secondary N) is 1. The second-order valence-corrected chi connectivity index (χ2v) is 3.25. The molecule has 0 aromatic rings. The minimum absolute atomic E-state index is 0.110. The van der Waals surface area contributed by atoms with Crippen LogP contribution in [0.1, 0.15) is 12.8 Å². The molecule has 0 saturated heterocycles. The second-order valence-electron chi connectivity index (χ2n) is 3.25. The first-order valence-electron chi connectivity index (χ1n) is 4.57. The number of ether oxygens (including phenoxy) is 1. The van der Waals surface area contributed by atoms with Crippen molar-refractivity contribution in [3.8, 4) is 0 Å². The van der Waals surface area contributed by atoms with Crippen LogP contribution in [0.25, 0.3) is 0 Å². The van der Waals surface area contributed by atoms with Crippen molar-refractivity contribution in [2.24, 2.45) is 0 Å². The predicted molar refractivity (Wildman–Crippen MR) is 52.7 cm³/mol. The van der Waals surface area contributed by atoms with E-state index in [4.69, 9.17) is 4.74 Å². The molecule has 0 bridgehead atoms. The van der Waals surface area contributed by atoms with Crippen LogP contribution in [0, 0.1) is 0 Å². The molecule has 78 valence electrons. The van der Waals surface area contributed by atoms with Gasteiger partial charge in [-0.05, 0) is 27.1 Å². The number of hydrogen-bond acceptors (Lipinski definition) is 3. The summed E-state index contributed by atoms with van der Waals surface area (Å²) < 4.78 is 4.81. The molecule has 4 nitrogen and oxygen atoms in total. The maximum atomic E-state index is 11.1. The van der Waals surface area contributed by atoms with E-state index in [1.165, 1.54) is 0 Å². The Labute approximate surface area is 80.2 Å². The first-order valence-corrected chi connectivity index (χ1v) is 4.57. The van der Waals surface area contributed by atoms with Gasteiger partial charge in [0, 0.05) is 20.1 Å². The lowest BCUT2D eigenvalue weighted by atomic mass is 10.3. The molecule has 0 atom stereocenters. The molecular weight excluding hydrogens is 168 g/mol. The molecule has 0 spiro atoms. The maximum absolute atomic E-state index is 11.1. The van der Waals surface area contributed by atoms with E-state index in [-0.39, 0.29) is 5.91 Å². The fourth-order valence-corrected chi connectivity index (χ4v) is 0.937. The molecule has 1 amide bonds. The fraction of sp³-hybridized carbons (Fsp3) is 0.889. The van der Waals surface area contributed by atoms with Gasteiger partial charge in [0.2, 0.25) is 5.91 Å². The van der Waals surface area contributed by atoms with E-state index in [0.29, 0.717) is 19.6 Å². The van der Waals surface area contributed by atoms with Gasteiger partial charge in [0.1, 0.15) is 0 Å². The van der Waals surface area contributed by atoms with Gasteiger partial charge in [0.05, 0.1) is 6.61 Å².